The summed E-state index contributed by atoms with van der Waals surface area (Å²) in [4.78, 5) is 10.3. The lowest BCUT2D eigenvalue weighted by Crippen LogP contribution is -2.14. The minimum atomic E-state index is -0.535. The molecule has 2 aromatic rings. The highest BCUT2D eigenvalue weighted by Gasteiger charge is 2.13. The van der Waals surface area contributed by atoms with Crippen molar-refractivity contribution in [2.24, 2.45) is 0 Å². The molecular formula is C15H12FN3O2. The van der Waals surface area contributed by atoms with Crippen LogP contribution in [0.25, 0.3) is 0 Å². The van der Waals surface area contributed by atoms with Gasteiger partial charge in [-0.05, 0) is 29.8 Å². The van der Waals surface area contributed by atoms with E-state index in [4.69, 9.17) is 5.26 Å². The summed E-state index contributed by atoms with van der Waals surface area (Å²) in [7, 11) is 0. The van der Waals surface area contributed by atoms with Crippen molar-refractivity contribution in [3.05, 3.63) is 75.1 Å². The molecule has 0 amide bonds. The summed E-state index contributed by atoms with van der Waals surface area (Å²) < 4.78 is 13.2. The van der Waals surface area contributed by atoms with Crippen LogP contribution in [0.15, 0.2) is 42.5 Å². The predicted molar refractivity (Wildman–Crippen MR) is 74.8 cm³/mol. The number of rotatable bonds is 5. The van der Waals surface area contributed by atoms with Gasteiger partial charge in [0.25, 0.3) is 5.69 Å². The van der Waals surface area contributed by atoms with Crippen molar-refractivity contribution >= 4 is 5.69 Å². The minimum absolute atomic E-state index is 0.116. The van der Waals surface area contributed by atoms with Gasteiger partial charge in [-0.3, -0.25) is 10.1 Å². The average molecular weight is 285 g/mol. The van der Waals surface area contributed by atoms with E-state index in [1.165, 1.54) is 0 Å². The van der Waals surface area contributed by atoms with Crippen LogP contribution in [0.3, 0.4) is 0 Å². The van der Waals surface area contributed by atoms with Crippen molar-refractivity contribution in [2.75, 3.05) is 0 Å². The number of halogens is 1. The van der Waals surface area contributed by atoms with E-state index in [-0.39, 0.29) is 17.8 Å². The van der Waals surface area contributed by atoms with Crippen LogP contribution in [-0.2, 0) is 13.1 Å². The molecule has 0 radical (unpaired) electrons. The first-order chi connectivity index (χ1) is 10.1. The van der Waals surface area contributed by atoms with Gasteiger partial charge < -0.3 is 5.32 Å². The van der Waals surface area contributed by atoms with Crippen molar-refractivity contribution < 1.29 is 9.31 Å². The maximum Gasteiger partial charge on any atom is 0.274 e. The van der Waals surface area contributed by atoms with Gasteiger partial charge in [0.15, 0.2) is 0 Å². The Labute approximate surface area is 120 Å². The number of nitro groups is 1. The lowest BCUT2D eigenvalue weighted by molar-refractivity contribution is -0.385. The summed E-state index contributed by atoms with van der Waals surface area (Å²) in [5.74, 6) is -0.510. The molecule has 2 rings (SSSR count). The molecule has 1 N–H and O–H groups in total. The second kappa shape index (κ2) is 6.59. The third kappa shape index (κ3) is 3.84. The molecule has 0 spiro atoms. The Bertz CT molecular complexity index is 710. The Morgan fingerprint density at radius 2 is 2.05 bits per heavy atom. The highest BCUT2D eigenvalue weighted by molar-refractivity contribution is 5.40. The summed E-state index contributed by atoms with van der Waals surface area (Å²) in [5, 5.41) is 22.7. The fourth-order valence-electron chi connectivity index (χ4n) is 1.97. The molecule has 0 aliphatic heterocycles. The van der Waals surface area contributed by atoms with Crippen molar-refractivity contribution in [1.82, 2.24) is 5.32 Å². The van der Waals surface area contributed by atoms with Gasteiger partial charge in [0.05, 0.1) is 16.6 Å². The van der Waals surface area contributed by atoms with Gasteiger partial charge in [0.2, 0.25) is 0 Å². The van der Waals surface area contributed by atoms with E-state index in [1.807, 2.05) is 12.1 Å². The molecule has 0 saturated carbocycles. The van der Waals surface area contributed by atoms with Crippen molar-refractivity contribution in [1.29, 1.82) is 5.26 Å². The number of benzene rings is 2. The number of nitriles is 1. The number of hydrogen-bond acceptors (Lipinski definition) is 4. The molecule has 21 heavy (non-hydrogen) atoms. The van der Waals surface area contributed by atoms with Crippen LogP contribution in [0, 0.1) is 27.3 Å². The first-order valence-electron chi connectivity index (χ1n) is 6.22. The Kier molecular flexibility index (Phi) is 4.59. The number of hydrogen-bond donors (Lipinski definition) is 1. The summed E-state index contributed by atoms with van der Waals surface area (Å²) in [6.45, 7) is 0.605. The van der Waals surface area contributed by atoms with E-state index >= 15 is 0 Å². The summed E-state index contributed by atoms with van der Waals surface area (Å²) in [5.41, 5.74) is 1.60. The number of nitro benzene ring substituents is 1. The first-order valence-corrected chi connectivity index (χ1v) is 6.22. The summed E-state index contributed by atoms with van der Waals surface area (Å²) >= 11 is 0. The van der Waals surface area contributed by atoms with Crippen molar-refractivity contribution in [3.63, 3.8) is 0 Å². The van der Waals surface area contributed by atoms with Gasteiger partial charge in [0, 0.05) is 24.7 Å². The fraction of sp³-hybridized carbons (Fsp3) is 0.133. The normalized spacial score (nSPS) is 10.1. The quantitative estimate of drug-likeness (QED) is 0.676. The van der Waals surface area contributed by atoms with Crippen LogP contribution in [0.1, 0.15) is 16.7 Å². The molecule has 0 bridgehead atoms. The molecule has 0 heterocycles. The Morgan fingerprint density at radius 3 is 2.76 bits per heavy atom. The molecule has 2 aromatic carbocycles. The van der Waals surface area contributed by atoms with E-state index in [0.717, 1.165) is 23.8 Å². The highest BCUT2D eigenvalue weighted by Crippen LogP contribution is 2.19. The van der Waals surface area contributed by atoms with Gasteiger partial charge in [-0.1, -0.05) is 12.1 Å². The molecule has 6 heteroatoms. The van der Waals surface area contributed by atoms with E-state index < -0.39 is 10.7 Å². The van der Waals surface area contributed by atoms with Crippen LogP contribution in [0.4, 0.5) is 10.1 Å². The van der Waals surface area contributed by atoms with Gasteiger partial charge >= 0.3 is 0 Å². The van der Waals surface area contributed by atoms with Gasteiger partial charge in [-0.25, -0.2) is 4.39 Å². The Balaban J connectivity index is 2.05. The lowest BCUT2D eigenvalue weighted by atomic mass is 10.1. The number of nitrogens with zero attached hydrogens (tertiary/aromatic N) is 2. The third-order valence-electron chi connectivity index (χ3n) is 2.94. The Hall–Kier alpha value is -2.78. The average Bonchev–Trinajstić information content (AvgIpc) is 2.47. The largest absolute Gasteiger partial charge is 0.308 e. The fourth-order valence-corrected chi connectivity index (χ4v) is 1.97. The van der Waals surface area contributed by atoms with Gasteiger partial charge in [-0.15, -0.1) is 0 Å². The van der Waals surface area contributed by atoms with Crippen LogP contribution < -0.4 is 5.32 Å². The minimum Gasteiger partial charge on any atom is -0.308 e. The molecule has 0 saturated heterocycles. The van der Waals surface area contributed by atoms with E-state index in [9.17, 15) is 14.5 Å². The van der Waals surface area contributed by atoms with E-state index in [1.54, 1.807) is 18.2 Å². The lowest BCUT2D eigenvalue weighted by Gasteiger charge is -2.06. The monoisotopic (exact) mass is 285 g/mol. The summed E-state index contributed by atoms with van der Waals surface area (Å²) in [6.07, 6.45) is 0. The van der Waals surface area contributed by atoms with E-state index in [2.05, 4.69) is 5.32 Å². The molecule has 0 unspecified atom stereocenters. The van der Waals surface area contributed by atoms with Gasteiger partial charge in [-0.2, -0.15) is 5.26 Å². The zero-order chi connectivity index (χ0) is 15.2. The van der Waals surface area contributed by atoms with Gasteiger partial charge in [0.1, 0.15) is 5.82 Å². The molecule has 0 aliphatic carbocycles. The van der Waals surface area contributed by atoms with Crippen LogP contribution in [0.2, 0.25) is 0 Å². The topological polar surface area (TPSA) is 79.0 Å². The van der Waals surface area contributed by atoms with Crippen LogP contribution in [-0.4, -0.2) is 4.92 Å². The van der Waals surface area contributed by atoms with Crippen molar-refractivity contribution in [3.8, 4) is 6.07 Å². The molecular weight excluding hydrogens is 273 g/mol. The predicted octanol–water partition coefficient (Wildman–Crippen LogP) is 2.90. The first kappa shape index (κ1) is 14.6. The molecule has 0 fully saturated rings. The molecule has 0 aromatic heterocycles. The molecule has 106 valence electrons. The van der Waals surface area contributed by atoms with Crippen LogP contribution >= 0.6 is 0 Å². The zero-order valence-electron chi connectivity index (χ0n) is 11.0. The third-order valence-corrected chi connectivity index (χ3v) is 2.94. The Morgan fingerprint density at radius 1 is 1.24 bits per heavy atom. The smallest absolute Gasteiger partial charge is 0.274 e. The second-order valence-electron chi connectivity index (χ2n) is 4.45. The SMILES string of the molecule is N#Cc1cccc(CNCc2cc(F)ccc2[N+](=O)[O-])c1. The van der Waals surface area contributed by atoms with Crippen LogP contribution in [0.5, 0.6) is 0 Å². The molecule has 0 aliphatic rings. The maximum atomic E-state index is 13.2. The maximum absolute atomic E-state index is 13.2. The van der Waals surface area contributed by atoms with Crippen molar-refractivity contribution in [2.45, 2.75) is 13.1 Å². The highest BCUT2D eigenvalue weighted by atomic mass is 19.1. The zero-order valence-corrected chi connectivity index (χ0v) is 11.0. The molecule has 5 nitrogen and oxygen atoms in total. The molecule has 0 atom stereocenters. The standard InChI is InChI=1S/C15H12FN3O2/c16-14-4-5-15(19(20)21)13(7-14)10-18-9-12-3-1-2-11(6-12)8-17/h1-7,18H,9-10H2. The summed E-state index contributed by atoms with van der Waals surface area (Å²) in [6, 6.07) is 12.4. The second-order valence-corrected chi connectivity index (χ2v) is 4.45. The van der Waals surface area contributed by atoms with E-state index in [0.29, 0.717) is 12.1 Å². The number of nitrogens with one attached hydrogen (secondary N) is 1.